The van der Waals surface area contributed by atoms with Crippen LogP contribution in [0.25, 0.3) is 0 Å². The summed E-state index contributed by atoms with van der Waals surface area (Å²) in [5.41, 5.74) is 0. The molecule has 2 atom stereocenters. The Morgan fingerprint density at radius 1 is 1.28 bits per heavy atom. The second-order valence-electron chi connectivity index (χ2n) is 5.71. The van der Waals surface area contributed by atoms with Crippen LogP contribution >= 0.6 is 0 Å². The van der Waals surface area contributed by atoms with Crippen LogP contribution in [0.1, 0.15) is 32.6 Å². The lowest BCUT2D eigenvalue weighted by Crippen LogP contribution is -2.44. The lowest BCUT2D eigenvalue weighted by Gasteiger charge is -2.29. The Bertz CT molecular complexity index is 231. The Morgan fingerprint density at radius 3 is 2.89 bits per heavy atom. The van der Waals surface area contributed by atoms with Crippen molar-refractivity contribution in [3.63, 3.8) is 0 Å². The van der Waals surface area contributed by atoms with Gasteiger partial charge in [-0.2, -0.15) is 0 Å². The van der Waals surface area contributed by atoms with E-state index in [1.54, 1.807) is 0 Å². The van der Waals surface area contributed by atoms with E-state index in [1.807, 2.05) is 0 Å². The number of nitrogens with zero attached hydrogens (tertiary/aromatic N) is 2. The number of hydrogen-bond donors (Lipinski definition) is 2. The third-order valence-electron chi connectivity index (χ3n) is 4.34. The van der Waals surface area contributed by atoms with Gasteiger partial charge in [-0.1, -0.05) is 6.92 Å². The summed E-state index contributed by atoms with van der Waals surface area (Å²) < 4.78 is 0. The summed E-state index contributed by atoms with van der Waals surface area (Å²) >= 11 is 0. The van der Waals surface area contributed by atoms with E-state index in [-0.39, 0.29) is 0 Å². The van der Waals surface area contributed by atoms with E-state index in [1.165, 1.54) is 45.4 Å². The summed E-state index contributed by atoms with van der Waals surface area (Å²) in [4.78, 5) is 5.28. The molecular formula is C14H29N3O. The largest absolute Gasteiger partial charge is 0.396 e. The molecule has 2 N–H and O–H groups in total. The first kappa shape index (κ1) is 14.3. The first-order chi connectivity index (χ1) is 8.83. The zero-order chi connectivity index (χ0) is 12.8. The number of likely N-dealkylation sites (N-methyl/N-ethyl adjacent to an activating group) is 1. The number of nitrogens with one attached hydrogen (secondary N) is 1. The topological polar surface area (TPSA) is 38.7 Å². The molecule has 0 aliphatic carbocycles. The van der Waals surface area contributed by atoms with Gasteiger partial charge < -0.3 is 15.3 Å². The molecule has 106 valence electrons. The molecule has 0 bridgehead atoms. The van der Waals surface area contributed by atoms with Crippen molar-refractivity contribution in [2.45, 2.75) is 44.7 Å². The van der Waals surface area contributed by atoms with Gasteiger partial charge in [0, 0.05) is 31.8 Å². The Kier molecular flexibility index (Phi) is 5.89. The summed E-state index contributed by atoms with van der Waals surface area (Å²) in [5.74, 6) is 0. The van der Waals surface area contributed by atoms with Crippen LogP contribution in [-0.2, 0) is 0 Å². The molecule has 0 aromatic carbocycles. The SMILES string of the molecule is CCNC(CCO)CN1CCCN2CCCC2C1. The van der Waals surface area contributed by atoms with Gasteiger partial charge in [0.1, 0.15) is 0 Å². The van der Waals surface area contributed by atoms with Crippen molar-refractivity contribution in [2.75, 3.05) is 45.9 Å². The Hall–Kier alpha value is -0.160. The van der Waals surface area contributed by atoms with Crippen LogP contribution in [0, 0.1) is 0 Å². The third kappa shape index (κ3) is 3.92. The number of hydrogen-bond acceptors (Lipinski definition) is 4. The molecule has 2 rings (SSSR count). The van der Waals surface area contributed by atoms with E-state index >= 15 is 0 Å². The molecular weight excluding hydrogens is 226 g/mol. The first-order valence-corrected chi connectivity index (χ1v) is 7.64. The van der Waals surface area contributed by atoms with Crippen LogP contribution < -0.4 is 5.32 Å². The van der Waals surface area contributed by atoms with Crippen LogP contribution in [0.2, 0.25) is 0 Å². The fraction of sp³-hybridized carbons (Fsp3) is 1.00. The normalized spacial score (nSPS) is 28.0. The summed E-state index contributed by atoms with van der Waals surface area (Å²) in [6.45, 7) is 9.58. The van der Waals surface area contributed by atoms with Gasteiger partial charge in [-0.05, 0) is 51.9 Å². The number of aliphatic hydroxyl groups is 1. The zero-order valence-electron chi connectivity index (χ0n) is 11.8. The van der Waals surface area contributed by atoms with Crippen molar-refractivity contribution in [3.05, 3.63) is 0 Å². The predicted octanol–water partition coefficient (Wildman–Crippen LogP) is 0.517. The van der Waals surface area contributed by atoms with Crippen molar-refractivity contribution in [1.82, 2.24) is 15.1 Å². The average Bonchev–Trinajstić information content (AvgIpc) is 2.69. The van der Waals surface area contributed by atoms with Gasteiger partial charge in [-0.15, -0.1) is 0 Å². The van der Waals surface area contributed by atoms with Crippen LogP contribution in [0.3, 0.4) is 0 Å². The molecule has 18 heavy (non-hydrogen) atoms. The highest BCUT2D eigenvalue weighted by atomic mass is 16.3. The van der Waals surface area contributed by atoms with E-state index in [4.69, 9.17) is 5.11 Å². The predicted molar refractivity (Wildman–Crippen MR) is 74.8 cm³/mol. The summed E-state index contributed by atoms with van der Waals surface area (Å²) in [6, 6.07) is 1.25. The molecule has 2 aliphatic rings. The van der Waals surface area contributed by atoms with E-state index < -0.39 is 0 Å². The molecule has 2 unspecified atom stereocenters. The summed E-state index contributed by atoms with van der Waals surface area (Å²) in [5, 5.41) is 12.6. The maximum Gasteiger partial charge on any atom is 0.0446 e. The molecule has 4 heteroatoms. The molecule has 0 aromatic heterocycles. The van der Waals surface area contributed by atoms with Crippen LogP contribution in [0.15, 0.2) is 0 Å². The van der Waals surface area contributed by atoms with Crippen LogP contribution in [0.4, 0.5) is 0 Å². The highest BCUT2D eigenvalue weighted by Crippen LogP contribution is 2.21. The van der Waals surface area contributed by atoms with Gasteiger partial charge in [0.25, 0.3) is 0 Å². The molecule has 2 saturated heterocycles. The van der Waals surface area contributed by atoms with Crippen LogP contribution in [-0.4, -0.2) is 72.9 Å². The second-order valence-corrected chi connectivity index (χ2v) is 5.71. The fourth-order valence-electron chi connectivity index (χ4n) is 3.46. The molecule has 2 heterocycles. The van der Waals surface area contributed by atoms with E-state index in [2.05, 4.69) is 22.0 Å². The third-order valence-corrected chi connectivity index (χ3v) is 4.34. The molecule has 2 aliphatic heterocycles. The standard InChI is InChI=1S/C14H29N3O/c1-2-15-13(6-10-18)11-16-7-4-9-17-8-3-5-14(17)12-16/h13-15,18H,2-12H2,1H3. The average molecular weight is 255 g/mol. The number of fused-ring (bicyclic) bond motifs is 1. The van der Waals surface area contributed by atoms with E-state index in [0.717, 1.165) is 25.6 Å². The van der Waals surface area contributed by atoms with Crippen LogP contribution in [0.5, 0.6) is 0 Å². The molecule has 2 fully saturated rings. The zero-order valence-corrected chi connectivity index (χ0v) is 11.8. The molecule has 0 spiro atoms. The number of rotatable bonds is 6. The maximum absolute atomic E-state index is 9.13. The second kappa shape index (κ2) is 7.43. The van der Waals surface area contributed by atoms with Crippen molar-refractivity contribution in [3.8, 4) is 0 Å². The van der Waals surface area contributed by atoms with Crippen molar-refractivity contribution in [2.24, 2.45) is 0 Å². The molecule has 0 aromatic rings. The smallest absolute Gasteiger partial charge is 0.0446 e. The molecule has 4 nitrogen and oxygen atoms in total. The summed E-state index contributed by atoms with van der Waals surface area (Å²) in [7, 11) is 0. The van der Waals surface area contributed by atoms with E-state index in [9.17, 15) is 0 Å². The lowest BCUT2D eigenvalue weighted by molar-refractivity contribution is 0.189. The van der Waals surface area contributed by atoms with Crippen molar-refractivity contribution < 1.29 is 5.11 Å². The Labute approximate surface area is 111 Å². The van der Waals surface area contributed by atoms with Gasteiger partial charge >= 0.3 is 0 Å². The van der Waals surface area contributed by atoms with Crippen molar-refractivity contribution in [1.29, 1.82) is 0 Å². The molecule has 0 radical (unpaired) electrons. The van der Waals surface area contributed by atoms with Gasteiger partial charge in [0.05, 0.1) is 0 Å². The number of aliphatic hydroxyl groups excluding tert-OH is 1. The van der Waals surface area contributed by atoms with Gasteiger partial charge in [-0.25, -0.2) is 0 Å². The fourth-order valence-corrected chi connectivity index (χ4v) is 3.46. The first-order valence-electron chi connectivity index (χ1n) is 7.64. The highest BCUT2D eigenvalue weighted by Gasteiger charge is 2.29. The maximum atomic E-state index is 9.13. The minimum atomic E-state index is 0.293. The Balaban J connectivity index is 1.83. The minimum absolute atomic E-state index is 0.293. The Morgan fingerprint density at radius 2 is 2.11 bits per heavy atom. The molecule has 0 saturated carbocycles. The highest BCUT2D eigenvalue weighted by molar-refractivity contribution is 4.86. The van der Waals surface area contributed by atoms with Gasteiger partial charge in [-0.3, -0.25) is 4.90 Å². The van der Waals surface area contributed by atoms with Gasteiger partial charge in [0.2, 0.25) is 0 Å². The monoisotopic (exact) mass is 255 g/mol. The molecule has 0 amide bonds. The van der Waals surface area contributed by atoms with E-state index in [0.29, 0.717) is 12.6 Å². The quantitative estimate of drug-likeness (QED) is 0.726. The van der Waals surface area contributed by atoms with Gasteiger partial charge in [0.15, 0.2) is 0 Å². The minimum Gasteiger partial charge on any atom is -0.396 e. The van der Waals surface area contributed by atoms with Crippen molar-refractivity contribution >= 4 is 0 Å². The lowest BCUT2D eigenvalue weighted by atomic mass is 10.1. The summed E-state index contributed by atoms with van der Waals surface area (Å²) in [6.07, 6.45) is 4.93.